The van der Waals surface area contributed by atoms with Crippen molar-refractivity contribution < 1.29 is 13.2 Å². The van der Waals surface area contributed by atoms with Crippen LogP contribution in [-0.4, -0.2) is 30.7 Å². The molecule has 6 heteroatoms. The lowest BCUT2D eigenvalue weighted by Crippen LogP contribution is -2.53. The fourth-order valence-electron chi connectivity index (χ4n) is 3.64. The summed E-state index contributed by atoms with van der Waals surface area (Å²) in [6, 6.07) is 9.68. The molecular weight excluding hydrogens is 315 g/mol. The van der Waals surface area contributed by atoms with E-state index in [4.69, 9.17) is 0 Å². The fourth-order valence-corrected chi connectivity index (χ4v) is 3.64. The van der Waals surface area contributed by atoms with Crippen molar-refractivity contribution in [3.05, 3.63) is 47.5 Å². The van der Waals surface area contributed by atoms with Crippen LogP contribution in [0.25, 0.3) is 11.3 Å². The average molecular weight is 333 g/mol. The molecule has 2 aromatic rings. The van der Waals surface area contributed by atoms with Gasteiger partial charge in [0, 0.05) is 31.2 Å². The molecule has 1 aromatic heterocycles. The Balaban J connectivity index is 1.80. The van der Waals surface area contributed by atoms with Crippen molar-refractivity contribution in [3.8, 4) is 11.3 Å². The molecule has 1 N–H and O–H groups in total. The molecule has 2 aliphatic rings. The molecule has 0 saturated carbocycles. The molecule has 126 valence electrons. The molecule has 3 nitrogen and oxygen atoms in total. The third-order valence-corrected chi connectivity index (χ3v) is 4.83. The normalized spacial score (nSPS) is 20.5. The standard InChI is InChI=1S/C18H18F3N3/c19-18(20,21)15-4-2-1-3-14(15)16-8-6-12-5-7-13-11-22-9-10-24(13)17(12)23-16/h1-4,6,8,13,22H,5,7,9-11H2/t13-/m1/s1. The zero-order chi connectivity index (χ0) is 16.7. The Labute approximate surface area is 138 Å². The van der Waals surface area contributed by atoms with Crippen LogP contribution in [0.4, 0.5) is 19.0 Å². The van der Waals surface area contributed by atoms with E-state index in [0.717, 1.165) is 49.9 Å². The summed E-state index contributed by atoms with van der Waals surface area (Å²) >= 11 is 0. The van der Waals surface area contributed by atoms with E-state index in [-0.39, 0.29) is 5.56 Å². The van der Waals surface area contributed by atoms with Gasteiger partial charge in [0.1, 0.15) is 5.82 Å². The maximum atomic E-state index is 13.3. The number of piperazine rings is 1. The van der Waals surface area contributed by atoms with Crippen LogP contribution in [0.3, 0.4) is 0 Å². The molecule has 0 radical (unpaired) electrons. The zero-order valence-corrected chi connectivity index (χ0v) is 13.1. The number of hydrogen-bond donors (Lipinski definition) is 1. The van der Waals surface area contributed by atoms with E-state index in [9.17, 15) is 13.2 Å². The van der Waals surface area contributed by atoms with Gasteiger partial charge in [0.05, 0.1) is 11.3 Å². The Morgan fingerprint density at radius 3 is 2.79 bits per heavy atom. The van der Waals surface area contributed by atoms with E-state index >= 15 is 0 Å². The van der Waals surface area contributed by atoms with E-state index in [0.29, 0.717) is 11.7 Å². The Bertz CT molecular complexity index is 757. The molecule has 3 heterocycles. The Morgan fingerprint density at radius 2 is 1.96 bits per heavy atom. The molecule has 2 aliphatic heterocycles. The second-order valence-corrected chi connectivity index (χ2v) is 6.31. The van der Waals surface area contributed by atoms with Crippen molar-refractivity contribution >= 4 is 5.82 Å². The number of fused-ring (bicyclic) bond motifs is 3. The van der Waals surface area contributed by atoms with Crippen LogP contribution in [0.1, 0.15) is 17.5 Å². The molecule has 1 fully saturated rings. The predicted octanol–water partition coefficient (Wildman–Crippen LogP) is 3.49. The van der Waals surface area contributed by atoms with E-state index in [2.05, 4.69) is 15.2 Å². The number of benzene rings is 1. The summed E-state index contributed by atoms with van der Waals surface area (Å²) in [4.78, 5) is 6.89. The van der Waals surface area contributed by atoms with Crippen LogP contribution in [0, 0.1) is 0 Å². The van der Waals surface area contributed by atoms with Crippen LogP contribution in [0.15, 0.2) is 36.4 Å². The van der Waals surface area contributed by atoms with Crippen molar-refractivity contribution in [2.75, 3.05) is 24.5 Å². The van der Waals surface area contributed by atoms with Crippen molar-refractivity contribution in [1.82, 2.24) is 10.3 Å². The second kappa shape index (κ2) is 5.77. The predicted molar refractivity (Wildman–Crippen MR) is 87.0 cm³/mol. The number of aromatic nitrogens is 1. The molecule has 0 spiro atoms. The molecule has 1 saturated heterocycles. The highest BCUT2D eigenvalue weighted by Gasteiger charge is 2.34. The summed E-state index contributed by atoms with van der Waals surface area (Å²) in [6.45, 7) is 2.63. The summed E-state index contributed by atoms with van der Waals surface area (Å²) in [5, 5.41) is 3.37. The number of nitrogens with one attached hydrogen (secondary N) is 1. The van der Waals surface area contributed by atoms with Gasteiger partial charge < -0.3 is 10.2 Å². The Hall–Kier alpha value is -2.08. The first-order chi connectivity index (χ1) is 11.5. The SMILES string of the molecule is FC(F)(F)c1ccccc1-c1ccc2c(n1)N1CCNC[C@H]1CC2. The molecular formula is C18H18F3N3. The maximum absolute atomic E-state index is 13.3. The van der Waals surface area contributed by atoms with Gasteiger partial charge in [-0.2, -0.15) is 13.2 Å². The molecule has 0 unspecified atom stereocenters. The first kappa shape index (κ1) is 15.4. The summed E-state index contributed by atoms with van der Waals surface area (Å²) in [6.07, 6.45) is -2.40. The van der Waals surface area contributed by atoms with Crippen LogP contribution in [0.5, 0.6) is 0 Å². The zero-order valence-electron chi connectivity index (χ0n) is 13.1. The quantitative estimate of drug-likeness (QED) is 0.866. The van der Waals surface area contributed by atoms with E-state index in [1.54, 1.807) is 12.1 Å². The van der Waals surface area contributed by atoms with Gasteiger partial charge >= 0.3 is 6.18 Å². The van der Waals surface area contributed by atoms with Crippen LogP contribution < -0.4 is 10.2 Å². The molecule has 4 rings (SSSR count). The van der Waals surface area contributed by atoms with Gasteiger partial charge in [-0.15, -0.1) is 0 Å². The van der Waals surface area contributed by atoms with Crippen molar-refractivity contribution in [2.24, 2.45) is 0 Å². The van der Waals surface area contributed by atoms with Gasteiger partial charge in [-0.1, -0.05) is 24.3 Å². The molecule has 24 heavy (non-hydrogen) atoms. The largest absolute Gasteiger partial charge is 0.417 e. The highest BCUT2D eigenvalue weighted by Crippen LogP contribution is 2.38. The highest BCUT2D eigenvalue weighted by molar-refractivity contribution is 5.68. The van der Waals surface area contributed by atoms with Crippen LogP contribution in [-0.2, 0) is 12.6 Å². The number of aryl methyl sites for hydroxylation is 1. The van der Waals surface area contributed by atoms with E-state index in [1.807, 2.05) is 6.07 Å². The lowest BCUT2D eigenvalue weighted by molar-refractivity contribution is -0.137. The van der Waals surface area contributed by atoms with Gasteiger partial charge in [-0.25, -0.2) is 4.98 Å². The first-order valence-corrected chi connectivity index (χ1v) is 8.18. The van der Waals surface area contributed by atoms with E-state index < -0.39 is 11.7 Å². The van der Waals surface area contributed by atoms with Crippen molar-refractivity contribution in [1.29, 1.82) is 0 Å². The lowest BCUT2D eigenvalue weighted by atomic mass is 9.95. The summed E-state index contributed by atoms with van der Waals surface area (Å²) in [5.74, 6) is 0.849. The number of pyridine rings is 1. The summed E-state index contributed by atoms with van der Waals surface area (Å²) in [5.41, 5.74) is 1.03. The summed E-state index contributed by atoms with van der Waals surface area (Å²) < 4.78 is 39.9. The fraction of sp³-hybridized carbons (Fsp3) is 0.389. The molecule has 0 bridgehead atoms. The van der Waals surface area contributed by atoms with Crippen LogP contribution >= 0.6 is 0 Å². The van der Waals surface area contributed by atoms with Crippen molar-refractivity contribution in [2.45, 2.75) is 25.1 Å². The highest BCUT2D eigenvalue weighted by atomic mass is 19.4. The number of rotatable bonds is 1. The topological polar surface area (TPSA) is 28.2 Å². The number of hydrogen-bond acceptors (Lipinski definition) is 3. The minimum Gasteiger partial charge on any atom is -0.351 e. The van der Waals surface area contributed by atoms with Gasteiger partial charge in [0.2, 0.25) is 0 Å². The number of alkyl halides is 3. The molecule has 1 aromatic carbocycles. The second-order valence-electron chi connectivity index (χ2n) is 6.31. The number of halogens is 3. The molecule has 0 aliphatic carbocycles. The lowest BCUT2D eigenvalue weighted by Gasteiger charge is -2.41. The first-order valence-electron chi connectivity index (χ1n) is 8.18. The van der Waals surface area contributed by atoms with Gasteiger partial charge in [-0.05, 0) is 30.5 Å². The van der Waals surface area contributed by atoms with Crippen molar-refractivity contribution in [3.63, 3.8) is 0 Å². The minimum atomic E-state index is -4.38. The third kappa shape index (κ3) is 2.65. The Morgan fingerprint density at radius 1 is 1.12 bits per heavy atom. The smallest absolute Gasteiger partial charge is 0.351 e. The monoisotopic (exact) mass is 333 g/mol. The summed E-state index contributed by atoms with van der Waals surface area (Å²) in [7, 11) is 0. The number of nitrogens with zero attached hydrogens (tertiary/aromatic N) is 2. The minimum absolute atomic E-state index is 0.144. The van der Waals surface area contributed by atoms with Gasteiger partial charge in [0.15, 0.2) is 0 Å². The Kier molecular flexibility index (Phi) is 3.72. The van der Waals surface area contributed by atoms with Crippen LogP contribution in [0.2, 0.25) is 0 Å². The van der Waals surface area contributed by atoms with E-state index in [1.165, 1.54) is 12.1 Å². The average Bonchev–Trinajstić information content (AvgIpc) is 2.60. The third-order valence-electron chi connectivity index (χ3n) is 4.83. The maximum Gasteiger partial charge on any atom is 0.417 e. The van der Waals surface area contributed by atoms with Gasteiger partial charge in [-0.3, -0.25) is 0 Å². The molecule has 0 amide bonds. The molecule has 1 atom stereocenters. The number of anilines is 1. The van der Waals surface area contributed by atoms with Gasteiger partial charge in [0.25, 0.3) is 0 Å².